The van der Waals surface area contributed by atoms with E-state index in [9.17, 15) is 10.1 Å². The van der Waals surface area contributed by atoms with Crippen LogP contribution in [0.2, 0.25) is 0 Å². The minimum absolute atomic E-state index is 0.0208. The van der Waals surface area contributed by atoms with Gasteiger partial charge >= 0.3 is 5.97 Å². The van der Waals surface area contributed by atoms with Crippen LogP contribution in [0, 0.1) is 22.8 Å². The first kappa shape index (κ1) is 24.6. The number of guanidine groups is 1. The molecular weight excluding hydrogens is 476 g/mol. The van der Waals surface area contributed by atoms with Crippen LogP contribution in [0.4, 0.5) is 17.3 Å². The molecule has 0 saturated heterocycles. The first-order valence-corrected chi connectivity index (χ1v) is 11.0. The van der Waals surface area contributed by atoms with Gasteiger partial charge in [0.25, 0.3) is 0 Å². The number of ether oxygens (including phenoxy) is 3. The molecule has 0 saturated carbocycles. The molecule has 2 heterocycles. The third-order valence-corrected chi connectivity index (χ3v) is 5.47. The second-order valence-electron chi connectivity index (χ2n) is 7.66. The monoisotopic (exact) mass is 498 g/mol. The first-order chi connectivity index (χ1) is 17.9. The second kappa shape index (κ2) is 10.4. The third kappa shape index (κ3) is 4.85. The highest BCUT2D eigenvalue weighted by molar-refractivity contribution is 5.98. The summed E-state index contributed by atoms with van der Waals surface area (Å²) >= 11 is 0. The molecule has 0 radical (unpaired) electrons. The number of nitrogen functional groups attached to an aromatic ring is 2. The zero-order chi connectivity index (χ0) is 26.5. The molecule has 1 aliphatic heterocycles. The van der Waals surface area contributed by atoms with Crippen molar-refractivity contribution in [2.75, 3.05) is 30.5 Å². The number of anilines is 3. The lowest BCUT2D eigenvalue weighted by atomic mass is 9.95. The molecule has 37 heavy (non-hydrogen) atoms. The number of carbonyl (C=O) groups is 1. The Bertz CT molecular complexity index is 1470. The molecule has 1 aromatic heterocycles. The number of fused-ring (bicyclic) bond motifs is 1. The molecule has 0 amide bonds. The number of aliphatic imine (C=N–C) groups is 1. The van der Waals surface area contributed by atoms with Crippen LogP contribution >= 0.6 is 0 Å². The van der Waals surface area contributed by atoms with Crippen LogP contribution in [0.1, 0.15) is 40.0 Å². The van der Waals surface area contributed by atoms with Gasteiger partial charge in [0, 0.05) is 5.56 Å². The number of hydrogen-bond donors (Lipinski definition) is 4. The smallest absolute Gasteiger partial charge is 0.343 e. The highest BCUT2D eigenvalue weighted by Crippen LogP contribution is 2.42. The molecule has 0 bridgehead atoms. The standard InChI is InChI=1S/C25H22N8O4/c1-3-36-18-10-14(6-9-17(18)37-24(34)13-4-7-15(35-2)8-5-13)21-19-20(28)16(11-26)22(29)32-23(19)33-25(31-21)30-12-27/h4-10,21H,3H2,1-2H3,(H6,28,29,30,31,32,33). The van der Waals surface area contributed by atoms with Crippen LogP contribution in [-0.2, 0) is 0 Å². The van der Waals surface area contributed by atoms with E-state index in [1.165, 1.54) is 7.11 Å². The number of nitriles is 2. The fourth-order valence-electron chi connectivity index (χ4n) is 3.76. The number of esters is 1. The zero-order valence-corrected chi connectivity index (χ0v) is 19.9. The summed E-state index contributed by atoms with van der Waals surface area (Å²) in [7, 11) is 1.53. The number of benzene rings is 2. The predicted octanol–water partition coefficient (Wildman–Crippen LogP) is 2.69. The summed E-state index contributed by atoms with van der Waals surface area (Å²) in [5, 5.41) is 23.9. The first-order valence-electron chi connectivity index (χ1n) is 11.0. The number of pyridine rings is 1. The van der Waals surface area contributed by atoms with Crippen molar-refractivity contribution in [3.63, 3.8) is 0 Å². The van der Waals surface area contributed by atoms with E-state index in [4.69, 9.17) is 30.9 Å². The normalized spacial score (nSPS) is 13.6. The Hall–Kier alpha value is -5.49. The maximum absolute atomic E-state index is 12.7. The van der Waals surface area contributed by atoms with Crippen molar-refractivity contribution in [3.05, 3.63) is 64.7 Å². The minimum atomic E-state index is -0.780. The van der Waals surface area contributed by atoms with Crippen LogP contribution < -0.4 is 36.3 Å². The van der Waals surface area contributed by atoms with Gasteiger partial charge in [0.05, 0.1) is 25.0 Å². The van der Waals surface area contributed by atoms with Crippen LogP contribution in [0.25, 0.3) is 0 Å². The average molecular weight is 499 g/mol. The highest BCUT2D eigenvalue weighted by Gasteiger charge is 2.30. The molecule has 6 N–H and O–H groups in total. The number of methoxy groups -OCH3 is 1. The SMILES string of the molecule is CCOc1cc(C2N=C(NC#N)Nc3nc(N)c(C#N)c(N)c32)ccc1OC(=O)c1ccc(OC)cc1. The minimum Gasteiger partial charge on any atom is -0.497 e. The zero-order valence-electron chi connectivity index (χ0n) is 19.9. The van der Waals surface area contributed by atoms with Crippen molar-refractivity contribution in [2.24, 2.45) is 4.99 Å². The van der Waals surface area contributed by atoms with Crippen LogP contribution in [-0.4, -0.2) is 30.6 Å². The van der Waals surface area contributed by atoms with Crippen LogP contribution in [0.15, 0.2) is 47.5 Å². The Balaban J connectivity index is 1.75. The number of aromatic nitrogens is 1. The van der Waals surface area contributed by atoms with E-state index in [0.717, 1.165) is 0 Å². The van der Waals surface area contributed by atoms with Crippen molar-refractivity contribution < 1.29 is 19.0 Å². The van der Waals surface area contributed by atoms with E-state index in [-0.39, 0.29) is 40.3 Å². The molecule has 186 valence electrons. The van der Waals surface area contributed by atoms with Crippen molar-refractivity contribution in [2.45, 2.75) is 13.0 Å². The summed E-state index contributed by atoms with van der Waals surface area (Å²) in [5.41, 5.74) is 13.6. The van der Waals surface area contributed by atoms with Gasteiger partial charge in [0.15, 0.2) is 17.7 Å². The van der Waals surface area contributed by atoms with Crippen LogP contribution in [0.5, 0.6) is 17.2 Å². The maximum atomic E-state index is 12.7. The van der Waals surface area contributed by atoms with Crippen LogP contribution in [0.3, 0.4) is 0 Å². The summed E-state index contributed by atoms with van der Waals surface area (Å²) in [5.74, 6) is 0.821. The van der Waals surface area contributed by atoms with Gasteiger partial charge in [-0.05, 0) is 48.9 Å². The summed E-state index contributed by atoms with van der Waals surface area (Å²) in [6.07, 6.45) is 1.80. The molecule has 1 unspecified atom stereocenters. The molecule has 12 heteroatoms. The number of nitrogens with two attached hydrogens (primary N) is 2. The van der Waals surface area contributed by atoms with Gasteiger partial charge in [0.1, 0.15) is 35.1 Å². The molecule has 0 aliphatic carbocycles. The van der Waals surface area contributed by atoms with Gasteiger partial charge in [-0.1, -0.05) is 6.07 Å². The topological polar surface area (TPSA) is 194 Å². The number of rotatable bonds is 6. The Kier molecular flexibility index (Phi) is 6.93. The van der Waals surface area contributed by atoms with Gasteiger partial charge < -0.3 is 31.0 Å². The van der Waals surface area contributed by atoms with Gasteiger partial charge in [-0.3, -0.25) is 5.32 Å². The third-order valence-electron chi connectivity index (χ3n) is 5.47. The maximum Gasteiger partial charge on any atom is 0.343 e. The largest absolute Gasteiger partial charge is 0.497 e. The van der Waals surface area contributed by atoms with E-state index in [1.54, 1.807) is 55.6 Å². The Morgan fingerprint density at radius 3 is 2.57 bits per heavy atom. The predicted molar refractivity (Wildman–Crippen MR) is 135 cm³/mol. The van der Waals surface area contributed by atoms with E-state index in [2.05, 4.69) is 20.6 Å². The molecule has 0 spiro atoms. The summed E-state index contributed by atoms with van der Waals surface area (Å²) in [4.78, 5) is 21.5. The molecule has 1 atom stereocenters. The van der Waals surface area contributed by atoms with Crippen molar-refractivity contribution in [1.82, 2.24) is 10.3 Å². The number of nitrogens with one attached hydrogen (secondary N) is 2. The molecular formula is C25H22N8O4. The van der Waals surface area contributed by atoms with E-state index in [1.807, 2.05) is 6.07 Å². The van der Waals surface area contributed by atoms with Gasteiger partial charge in [-0.2, -0.15) is 10.5 Å². The number of nitrogens with zero attached hydrogens (tertiary/aromatic N) is 4. The summed E-state index contributed by atoms with van der Waals surface area (Å²) in [6.45, 7) is 2.08. The fourth-order valence-corrected chi connectivity index (χ4v) is 3.76. The summed E-state index contributed by atoms with van der Waals surface area (Å²) < 4.78 is 16.5. The quantitative estimate of drug-likeness (QED) is 0.169. The Labute approximate surface area is 212 Å². The highest BCUT2D eigenvalue weighted by atomic mass is 16.6. The van der Waals surface area contributed by atoms with Crippen molar-refractivity contribution in [3.8, 4) is 29.5 Å². The van der Waals surface area contributed by atoms with Gasteiger partial charge in [0.2, 0.25) is 5.96 Å². The Morgan fingerprint density at radius 2 is 1.92 bits per heavy atom. The van der Waals surface area contributed by atoms with Gasteiger partial charge in [-0.15, -0.1) is 0 Å². The molecule has 0 fully saturated rings. The fraction of sp³-hybridized carbons (Fsp3) is 0.160. The molecule has 2 aromatic carbocycles. The Morgan fingerprint density at radius 1 is 1.16 bits per heavy atom. The average Bonchev–Trinajstić information content (AvgIpc) is 2.89. The lowest BCUT2D eigenvalue weighted by molar-refractivity contribution is 0.0728. The van der Waals surface area contributed by atoms with Crippen molar-refractivity contribution >= 4 is 29.3 Å². The lowest BCUT2D eigenvalue weighted by Crippen LogP contribution is -2.32. The molecule has 1 aliphatic rings. The van der Waals surface area contributed by atoms with E-state index >= 15 is 0 Å². The lowest BCUT2D eigenvalue weighted by Gasteiger charge is -2.26. The molecule has 12 nitrogen and oxygen atoms in total. The van der Waals surface area contributed by atoms with E-state index < -0.39 is 12.0 Å². The molecule has 3 aromatic rings. The van der Waals surface area contributed by atoms with E-state index in [0.29, 0.717) is 29.0 Å². The molecule has 4 rings (SSSR count). The van der Waals surface area contributed by atoms with Crippen molar-refractivity contribution in [1.29, 1.82) is 10.5 Å². The number of hydrogen-bond acceptors (Lipinski definition) is 12. The number of carbonyl (C=O) groups excluding carboxylic acids is 1. The second-order valence-corrected chi connectivity index (χ2v) is 7.66. The summed E-state index contributed by atoms with van der Waals surface area (Å²) in [6, 6.07) is 12.6. The van der Waals surface area contributed by atoms with Gasteiger partial charge in [-0.25, -0.2) is 14.8 Å².